The number of thioether (sulfide) groups is 1. The summed E-state index contributed by atoms with van der Waals surface area (Å²) in [5.41, 5.74) is 4.86. The van der Waals surface area contributed by atoms with Crippen molar-refractivity contribution in [1.29, 1.82) is 0 Å². The van der Waals surface area contributed by atoms with E-state index in [1.54, 1.807) is 12.1 Å². The Hall–Kier alpha value is -3.46. The van der Waals surface area contributed by atoms with E-state index in [2.05, 4.69) is 15.6 Å². The Morgan fingerprint density at radius 2 is 2.00 bits per heavy atom. The first kappa shape index (κ1) is 19.5. The minimum atomic E-state index is -0.432. The number of hydrogen-bond acceptors (Lipinski definition) is 7. The molecule has 31 heavy (non-hydrogen) atoms. The molecular formula is C22H19N5O3S. The van der Waals surface area contributed by atoms with Crippen molar-refractivity contribution in [3.8, 4) is 11.6 Å². The van der Waals surface area contributed by atoms with Crippen LogP contribution in [0.4, 0.5) is 5.69 Å². The average molecular weight is 433 g/mol. The predicted molar refractivity (Wildman–Crippen MR) is 118 cm³/mol. The molecule has 0 fully saturated rings. The molecule has 1 aliphatic rings. The Labute approximate surface area is 182 Å². The molecule has 5 rings (SSSR count). The van der Waals surface area contributed by atoms with Crippen molar-refractivity contribution in [2.24, 2.45) is 0 Å². The average Bonchev–Trinajstić information content (AvgIpc) is 3.16. The summed E-state index contributed by atoms with van der Waals surface area (Å²) in [5, 5.41) is 11.9. The zero-order chi connectivity index (χ0) is 21.5. The molecule has 0 atom stereocenters. The number of nitrogens with zero attached hydrogens (tertiary/aromatic N) is 5. The van der Waals surface area contributed by atoms with E-state index < -0.39 is 4.92 Å². The molecule has 156 valence electrons. The second kappa shape index (κ2) is 7.66. The fraction of sp³-hybridized carbons (Fsp3) is 0.227. The van der Waals surface area contributed by atoms with E-state index in [-0.39, 0.29) is 11.4 Å². The summed E-state index contributed by atoms with van der Waals surface area (Å²) in [6.07, 6.45) is 1.72. The number of benzene rings is 2. The number of ether oxygens (including phenoxy) is 1. The van der Waals surface area contributed by atoms with Crippen molar-refractivity contribution in [3.63, 3.8) is 0 Å². The highest BCUT2D eigenvalue weighted by Gasteiger charge is 2.24. The molecular weight excluding hydrogens is 414 g/mol. The van der Waals surface area contributed by atoms with Crippen LogP contribution in [0.5, 0.6) is 5.75 Å². The largest absolute Gasteiger partial charge is 0.490 e. The smallest absolute Gasteiger partial charge is 0.311 e. The van der Waals surface area contributed by atoms with Gasteiger partial charge in [-0.15, -0.1) is 0 Å². The molecule has 2 aromatic carbocycles. The van der Waals surface area contributed by atoms with Crippen molar-refractivity contribution in [3.05, 3.63) is 75.2 Å². The number of aromatic nitrogens is 4. The van der Waals surface area contributed by atoms with Gasteiger partial charge in [-0.1, -0.05) is 30.0 Å². The van der Waals surface area contributed by atoms with Crippen molar-refractivity contribution in [2.45, 2.75) is 30.7 Å². The molecule has 0 radical (unpaired) electrons. The number of methoxy groups -OCH3 is 1. The Kier molecular flexibility index (Phi) is 4.82. The highest BCUT2D eigenvalue weighted by Crippen LogP contribution is 2.33. The van der Waals surface area contributed by atoms with Gasteiger partial charge in [-0.3, -0.25) is 14.7 Å². The van der Waals surface area contributed by atoms with Crippen LogP contribution in [0.15, 0.2) is 47.6 Å². The molecule has 0 aliphatic carbocycles. The van der Waals surface area contributed by atoms with Crippen LogP contribution >= 0.6 is 11.8 Å². The van der Waals surface area contributed by atoms with Gasteiger partial charge in [0.1, 0.15) is 11.6 Å². The summed E-state index contributed by atoms with van der Waals surface area (Å²) < 4.78 is 7.21. The molecule has 9 heteroatoms. The third-order valence-electron chi connectivity index (χ3n) is 5.42. The van der Waals surface area contributed by atoms with Crippen molar-refractivity contribution in [2.75, 3.05) is 7.11 Å². The van der Waals surface area contributed by atoms with Crippen LogP contribution in [0.1, 0.15) is 22.6 Å². The lowest BCUT2D eigenvalue weighted by Crippen LogP contribution is -2.17. The first-order valence-electron chi connectivity index (χ1n) is 9.83. The molecule has 0 saturated carbocycles. The Bertz CT molecular complexity index is 1330. The van der Waals surface area contributed by atoms with Crippen molar-refractivity contribution in [1.82, 2.24) is 19.5 Å². The van der Waals surface area contributed by atoms with Gasteiger partial charge in [-0.05, 0) is 37.1 Å². The molecule has 4 aromatic rings. The minimum absolute atomic E-state index is 0.0438. The lowest BCUT2D eigenvalue weighted by Gasteiger charge is -2.20. The molecule has 0 bridgehead atoms. The molecule has 0 amide bonds. The summed E-state index contributed by atoms with van der Waals surface area (Å²) in [6.45, 7) is 2.01. The number of fused-ring (bicyclic) bond motifs is 5. The number of nitro benzene ring substituents is 1. The van der Waals surface area contributed by atoms with Crippen molar-refractivity contribution < 1.29 is 9.66 Å². The third-order valence-corrected chi connectivity index (χ3v) is 6.34. The second-order valence-corrected chi connectivity index (χ2v) is 8.24. The summed E-state index contributed by atoms with van der Waals surface area (Å²) in [7, 11) is 1.43. The number of hydrogen-bond donors (Lipinski definition) is 0. The first-order valence-corrected chi connectivity index (χ1v) is 10.8. The van der Waals surface area contributed by atoms with Crippen LogP contribution < -0.4 is 4.74 Å². The zero-order valence-corrected chi connectivity index (χ0v) is 17.8. The van der Waals surface area contributed by atoms with Crippen LogP contribution in [0.2, 0.25) is 0 Å². The van der Waals surface area contributed by atoms with Crippen LogP contribution in [-0.2, 0) is 18.6 Å². The molecule has 2 aromatic heterocycles. The molecule has 0 spiro atoms. The van der Waals surface area contributed by atoms with Crippen LogP contribution in [-0.4, -0.2) is 31.6 Å². The maximum atomic E-state index is 11.3. The molecule has 0 saturated heterocycles. The summed E-state index contributed by atoms with van der Waals surface area (Å²) in [4.78, 5) is 25.2. The molecule has 3 heterocycles. The summed E-state index contributed by atoms with van der Waals surface area (Å²) in [6, 6.07) is 13.1. The monoisotopic (exact) mass is 433 g/mol. The van der Waals surface area contributed by atoms with Crippen LogP contribution in [0.25, 0.3) is 16.9 Å². The lowest BCUT2D eigenvalue weighted by molar-refractivity contribution is -0.385. The number of rotatable bonds is 5. The number of nitro groups is 1. The Morgan fingerprint density at radius 3 is 2.81 bits per heavy atom. The van der Waals surface area contributed by atoms with E-state index in [0.29, 0.717) is 10.9 Å². The van der Waals surface area contributed by atoms with E-state index >= 15 is 0 Å². The molecule has 0 unspecified atom stereocenters. The van der Waals surface area contributed by atoms with Gasteiger partial charge in [0.2, 0.25) is 0 Å². The quantitative estimate of drug-likeness (QED) is 0.199. The van der Waals surface area contributed by atoms with Gasteiger partial charge >= 0.3 is 5.69 Å². The van der Waals surface area contributed by atoms with Gasteiger partial charge in [0.15, 0.2) is 10.9 Å². The molecule has 1 aliphatic heterocycles. The standard InChI is InChI=1S/C22H19N5O3S/c1-13-15-8-10-20-24-16-5-3-4-6-17(16)26(20)21(15)25-22(23-13)31-12-14-7-9-19(30-2)18(11-14)27(28)29/h3-7,9,11H,8,10,12H2,1-2H3. The fourth-order valence-corrected chi connectivity index (χ4v) is 4.76. The van der Waals surface area contributed by atoms with Gasteiger partial charge in [-0.25, -0.2) is 15.0 Å². The Morgan fingerprint density at radius 1 is 1.16 bits per heavy atom. The van der Waals surface area contributed by atoms with E-state index in [1.807, 2.05) is 31.2 Å². The van der Waals surface area contributed by atoms with Gasteiger partial charge in [0.05, 0.1) is 23.1 Å². The highest BCUT2D eigenvalue weighted by molar-refractivity contribution is 7.98. The fourth-order valence-electron chi connectivity index (χ4n) is 3.93. The summed E-state index contributed by atoms with van der Waals surface area (Å²) >= 11 is 1.46. The number of para-hydroxylation sites is 2. The third kappa shape index (κ3) is 3.40. The van der Waals surface area contributed by atoms with E-state index in [0.717, 1.165) is 52.3 Å². The van der Waals surface area contributed by atoms with Gasteiger partial charge in [0.25, 0.3) is 0 Å². The molecule has 0 N–H and O–H groups in total. The first-order chi connectivity index (χ1) is 15.0. The minimum Gasteiger partial charge on any atom is -0.490 e. The van der Waals surface area contributed by atoms with Crippen LogP contribution in [0, 0.1) is 17.0 Å². The highest BCUT2D eigenvalue weighted by atomic mass is 32.2. The number of aryl methyl sites for hydroxylation is 2. The number of imidazole rings is 1. The summed E-state index contributed by atoms with van der Waals surface area (Å²) in [5.74, 6) is 2.65. The normalized spacial score (nSPS) is 12.5. The Balaban J connectivity index is 1.49. The van der Waals surface area contributed by atoms with Gasteiger partial charge in [-0.2, -0.15) is 0 Å². The SMILES string of the molecule is COc1ccc(CSc2nc(C)c3c(n2)-n2c(nc4ccccc42)CC3)cc1[N+](=O)[O-]. The predicted octanol–water partition coefficient (Wildman–Crippen LogP) is 4.43. The van der Waals surface area contributed by atoms with Gasteiger partial charge in [0, 0.05) is 29.5 Å². The van der Waals surface area contributed by atoms with E-state index in [4.69, 9.17) is 14.7 Å². The molecule has 8 nitrogen and oxygen atoms in total. The maximum absolute atomic E-state index is 11.3. The van der Waals surface area contributed by atoms with Gasteiger partial charge < -0.3 is 4.74 Å². The maximum Gasteiger partial charge on any atom is 0.311 e. The van der Waals surface area contributed by atoms with Crippen molar-refractivity contribution >= 4 is 28.5 Å². The van der Waals surface area contributed by atoms with E-state index in [9.17, 15) is 10.1 Å². The zero-order valence-electron chi connectivity index (χ0n) is 17.0. The second-order valence-electron chi connectivity index (χ2n) is 7.30. The topological polar surface area (TPSA) is 96.0 Å². The van der Waals surface area contributed by atoms with Crippen LogP contribution in [0.3, 0.4) is 0 Å². The van der Waals surface area contributed by atoms with E-state index in [1.165, 1.54) is 18.9 Å². The lowest BCUT2D eigenvalue weighted by atomic mass is 10.1.